The lowest BCUT2D eigenvalue weighted by molar-refractivity contribution is 0.156. The Kier molecular flexibility index (Phi) is 5.30. The Bertz CT molecular complexity index is 198. The molecule has 0 bridgehead atoms. The monoisotopic (exact) mass is 225 g/mol. The summed E-state index contributed by atoms with van der Waals surface area (Å²) in [5.74, 6) is 1.71. The van der Waals surface area contributed by atoms with Gasteiger partial charge in [0.2, 0.25) is 0 Å². The third-order valence-corrected chi connectivity index (χ3v) is 4.57. The van der Waals surface area contributed by atoms with Crippen LogP contribution in [0.15, 0.2) is 0 Å². The van der Waals surface area contributed by atoms with Gasteiger partial charge in [-0.05, 0) is 43.1 Å². The molecule has 0 spiro atoms. The van der Waals surface area contributed by atoms with E-state index in [0.29, 0.717) is 5.41 Å². The van der Waals surface area contributed by atoms with E-state index in [1.54, 1.807) is 0 Å². The Labute approximate surface area is 102 Å². The summed E-state index contributed by atoms with van der Waals surface area (Å²) < 4.78 is 0. The highest BCUT2D eigenvalue weighted by atomic mass is 14.9. The summed E-state index contributed by atoms with van der Waals surface area (Å²) in [6, 6.07) is 0.738. The van der Waals surface area contributed by atoms with Crippen molar-refractivity contribution in [2.75, 3.05) is 6.54 Å². The topological polar surface area (TPSA) is 12.0 Å². The van der Waals surface area contributed by atoms with E-state index in [1.165, 1.54) is 32.1 Å². The van der Waals surface area contributed by atoms with Gasteiger partial charge in [-0.1, -0.05) is 47.5 Å². The fourth-order valence-corrected chi connectivity index (χ4v) is 3.63. The molecule has 3 unspecified atom stereocenters. The van der Waals surface area contributed by atoms with Crippen LogP contribution in [0, 0.1) is 17.3 Å². The van der Waals surface area contributed by atoms with Crippen LogP contribution < -0.4 is 5.32 Å². The number of rotatable bonds is 6. The molecular formula is C15H31N. The zero-order chi connectivity index (χ0) is 12.2. The van der Waals surface area contributed by atoms with Crippen molar-refractivity contribution < 1.29 is 0 Å². The molecular weight excluding hydrogens is 194 g/mol. The normalized spacial score (nSPS) is 27.9. The summed E-state index contributed by atoms with van der Waals surface area (Å²) in [5, 5.41) is 3.76. The molecule has 1 aliphatic rings. The van der Waals surface area contributed by atoms with E-state index >= 15 is 0 Å². The predicted molar refractivity (Wildman–Crippen MR) is 72.7 cm³/mol. The standard InChI is InChI=1S/C15H31N/c1-6-9-12(3)14(16-7-2)13-10-8-11-15(13,4)5/h12-14,16H,6-11H2,1-5H3. The van der Waals surface area contributed by atoms with Crippen molar-refractivity contribution in [2.45, 2.75) is 72.8 Å². The smallest absolute Gasteiger partial charge is 0.0126 e. The maximum atomic E-state index is 3.76. The third kappa shape index (κ3) is 3.23. The molecule has 1 heteroatoms. The average Bonchev–Trinajstić information content (AvgIpc) is 2.55. The molecule has 0 saturated heterocycles. The second kappa shape index (κ2) is 6.05. The minimum Gasteiger partial charge on any atom is -0.314 e. The van der Waals surface area contributed by atoms with E-state index in [2.05, 4.69) is 39.9 Å². The molecule has 1 fully saturated rings. The maximum Gasteiger partial charge on any atom is 0.0126 e. The van der Waals surface area contributed by atoms with Gasteiger partial charge in [-0.25, -0.2) is 0 Å². The Balaban J connectivity index is 2.68. The Morgan fingerprint density at radius 2 is 2.00 bits per heavy atom. The molecule has 0 aromatic carbocycles. The molecule has 3 atom stereocenters. The van der Waals surface area contributed by atoms with Gasteiger partial charge < -0.3 is 5.32 Å². The van der Waals surface area contributed by atoms with Gasteiger partial charge >= 0.3 is 0 Å². The first-order chi connectivity index (χ1) is 7.53. The van der Waals surface area contributed by atoms with E-state index in [9.17, 15) is 0 Å². The van der Waals surface area contributed by atoms with Crippen molar-refractivity contribution in [1.82, 2.24) is 5.32 Å². The lowest BCUT2D eigenvalue weighted by Crippen LogP contribution is -2.45. The second-order valence-corrected chi connectivity index (χ2v) is 6.34. The minimum absolute atomic E-state index is 0.550. The SMILES string of the molecule is CCCC(C)C(NCC)C1CCCC1(C)C. The first-order valence-corrected chi connectivity index (χ1v) is 7.26. The van der Waals surface area contributed by atoms with Crippen molar-refractivity contribution in [3.63, 3.8) is 0 Å². The van der Waals surface area contributed by atoms with Gasteiger partial charge in [0.1, 0.15) is 0 Å². The van der Waals surface area contributed by atoms with Crippen LogP contribution in [0.1, 0.15) is 66.7 Å². The summed E-state index contributed by atoms with van der Waals surface area (Å²) in [4.78, 5) is 0. The molecule has 0 aromatic heterocycles. The van der Waals surface area contributed by atoms with Gasteiger partial charge in [-0.2, -0.15) is 0 Å². The summed E-state index contributed by atoms with van der Waals surface area (Å²) in [5.41, 5.74) is 0.550. The van der Waals surface area contributed by atoms with Gasteiger partial charge in [0.15, 0.2) is 0 Å². The van der Waals surface area contributed by atoms with Crippen LogP contribution in [-0.4, -0.2) is 12.6 Å². The molecule has 1 nitrogen and oxygen atoms in total. The van der Waals surface area contributed by atoms with Gasteiger partial charge in [0, 0.05) is 6.04 Å². The second-order valence-electron chi connectivity index (χ2n) is 6.34. The first kappa shape index (κ1) is 14.0. The number of nitrogens with one attached hydrogen (secondary N) is 1. The summed E-state index contributed by atoms with van der Waals surface area (Å²) in [7, 11) is 0. The fraction of sp³-hybridized carbons (Fsp3) is 1.00. The molecule has 0 aliphatic heterocycles. The predicted octanol–water partition coefficient (Wildman–Crippen LogP) is 4.23. The zero-order valence-electron chi connectivity index (χ0n) is 12.0. The van der Waals surface area contributed by atoms with Gasteiger partial charge in [0.25, 0.3) is 0 Å². The highest BCUT2D eigenvalue weighted by molar-refractivity contribution is 4.94. The van der Waals surface area contributed by atoms with Crippen molar-refractivity contribution in [3.8, 4) is 0 Å². The third-order valence-electron chi connectivity index (χ3n) is 4.57. The van der Waals surface area contributed by atoms with E-state index < -0.39 is 0 Å². The van der Waals surface area contributed by atoms with Crippen LogP contribution in [0.2, 0.25) is 0 Å². The average molecular weight is 225 g/mol. The van der Waals surface area contributed by atoms with Crippen molar-refractivity contribution in [1.29, 1.82) is 0 Å². The van der Waals surface area contributed by atoms with E-state index in [1.807, 2.05) is 0 Å². The maximum absolute atomic E-state index is 3.76. The molecule has 1 aliphatic carbocycles. The molecule has 0 radical (unpaired) electrons. The molecule has 0 amide bonds. The van der Waals surface area contributed by atoms with Crippen molar-refractivity contribution >= 4 is 0 Å². The fourth-order valence-electron chi connectivity index (χ4n) is 3.63. The van der Waals surface area contributed by atoms with Crippen molar-refractivity contribution in [3.05, 3.63) is 0 Å². The van der Waals surface area contributed by atoms with Crippen molar-refractivity contribution in [2.24, 2.45) is 17.3 Å². The zero-order valence-corrected chi connectivity index (χ0v) is 12.0. The Morgan fingerprint density at radius 3 is 2.44 bits per heavy atom. The van der Waals surface area contributed by atoms with Crippen LogP contribution in [0.3, 0.4) is 0 Å². The molecule has 96 valence electrons. The van der Waals surface area contributed by atoms with Crippen LogP contribution in [-0.2, 0) is 0 Å². The highest BCUT2D eigenvalue weighted by Gasteiger charge is 2.40. The molecule has 0 aromatic rings. The number of hydrogen-bond acceptors (Lipinski definition) is 1. The van der Waals surface area contributed by atoms with Crippen LogP contribution in [0.4, 0.5) is 0 Å². The highest BCUT2D eigenvalue weighted by Crippen LogP contribution is 2.46. The van der Waals surface area contributed by atoms with Gasteiger partial charge in [-0.15, -0.1) is 0 Å². The quantitative estimate of drug-likeness (QED) is 0.713. The molecule has 1 rings (SSSR count). The molecule has 1 saturated carbocycles. The molecule has 1 N–H and O–H groups in total. The van der Waals surface area contributed by atoms with E-state index in [-0.39, 0.29) is 0 Å². The summed E-state index contributed by atoms with van der Waals surface area (Å²) in [6.07, 6.45) is 6.95. The van der Waals surface area contributed by atoms with Gasteiger partial charge in [-0.3, -0.25) is 0 Å². The lowest BCUT2D eigenvalue weighted by Gasteiger charge is -2.38. The Morgan fingerprint density at radius 1 is 1.31 bits per heavy atom. The van der Waals surface area contributed by atoms with E-state index in [0.717, 1.165) is 24.4 Å². The number of hydrogen-bond donors (Lipinski definition) is 1. The Hall–Kier alpha value is -0.0400. The van der Waals surface area contributed by atoms with Crippen LogP contribution >= 0.6 is 0 Å². The van der Waals surface area contributed by atoms with Crippen LogP contribution in [0.25, 0.3) is 0 Å². The van der Waals surface area contributed by atoms with Gasteiger partial charge in [0.05, 0.1) is 0 Å². The summed E-state index contributed by atoms with van der Waals surface area (Å²) in [6.45, 7) is 13.0. The van der Waals surface area contributed by atoms with E-state index in [4.69, 9.17) is 0 Å². The largest absolute Gasteiger partial charge is 0.314 e. The first-order valence-electron chi connectivity index (χ1n) is 7.26. The lowest BCUT2D eigenvalue weighted by atomic mass is 9.73. The van der Waals surface area contributed by atoms with Crippen LogP contribution in [0.5, 0.6) is 0 Å². The molecule has 16 heavy (non-hydrogen) atoms. The minimum atomic E-state index is 0.550. The summed E-state index contributed by atoms with van der Waals surface area (Å²) >= 11 is 0. The molecule has 0 heterocycles.